The van der Waals surface area contributed by atoms with Gasteiger partial charge in [0.2, 0.25) is 0 Å². The smallest absolute Gasteiger partial charge is 0.267 e. The van der Waals surface area contributed by atoms with Gasteiger partial charge >= 0.3 is 0 Å². The first-order valence-corrected chi connectivity index (χ1v) is 9.80. The highest BCUT2D eigenvalue weighted by molar-refractivity contribution is 6.37. The molecule has 2 aromatic heterocycles. The van der Waals surface area contributed by atoms with Crippen LogP contribution in [-0.4, -0.2) is 40.8 Å². The number of nitrogens with zero attached hydrogens (tertiary/aromatic N) is 4. The Kier molecular flexibility index (Phi) is 4.59. The summed E-state index contributed by atoms with van der Waals surface area (Å²) in [6.45, 7) is 1.62. The predicted molar refractivity (Wildman–Crippen MR) is 114 cm³/mol. The number of methoxy groups -OCH3 is 2. The molecule has 1 aliphatic rings. The van der Waals surface area contributed by atoms with Gasteiger partial charge in [0.05, 0.1) is 42.1 Å². The topological polar surface area (TPSA) is 86.6 Å². The number of pyridine rings is 1. The van der Waals surface area contributed by atoms with E-state index in [0.717, 1.165) is 17.0 Å². The summed E-state index contributed by atoms with van der Waals surface area (Å²) in [4.78, 5) is 32.0. The van der Waals surface area contributed by atoms with Gasteiger partial charge in [-0.1, -0.05) is 0 Å². The van der Waals surface area contributed by atoms with Crippen molar-refractivity contribution >= 4 is 28.5 Å². The molecule has 0 saturated carbocycles. The van der Waals surface area contributed by atoms with Crippen LogP contribution >= 0.6 is 0 Å². The summed E-state index contributed by atoms with van der Waals surface area (Å²) >= 11 is 0. The molecule has 5 rings (SSSR count). The van der Waals surface area contributed by atoms with E-state index in [9.17, 15) is 18.4 Å². The number of hydrogen-bond acceptors (Lipinski definition) is 6. The van der Waals surface area contributed by atoms with Gasteiger partial charge in [-0.15, -0.1) is 0 Å². The molecular weight excluding hydrogens is 434 g/mol. The monoisotopic (exact) mass is 450 g/mol. The summed E-state index contributed by atoms with van der Waals surface area (Å²) in [5.74, 6) is -2.03. The van der Waals surface area contributed by atoms with Crippen molar-refractivity contribution in [3.63, 3.8) is 0 Å². The van der Waals surface area contributed by atoms with E-state index in [2.05, 4.69) is 10.1 Å². The number of ether oxygens (including phenoxy) is 2. The first-order valence-electron chi connectivity index (χ1n) is 9.80. The molecular formula is C23H16F2N4O4. The molecule has 0 bridgehead atoms. The first-order chi connectivity index (χ1) is 15.8. The molecule has 33 heavy (non-hydrogen) atoms. The molecule has 0 N–H and O–H groups in total. The number of benzene rings is 2. The van der Waals surface area contributed by atoms with E-state index in [0.29, 0.717) is 22.6 Å². The van der Waals surface area contributed by atoms with Gasteiger partial charge in [0, 0.05) is 18.3 Å². The predicted octanol–water partition coefficient (Wildman–Crippen LogP) is 3.82. The molecule has 2 amide bonds. The minimum Gasteiger partial charge on any atom is -0.497 e. The maximum absolute atomic E-state index is 14.4. The van der Waals surface area contributed by atoms with Crippen LogP contribution in [-0.2, 0) is 0 Å². The van der Waals surface area contributed by atoms with Crippen molar-refractivity contribution in [1.82, 2.24) is 14.8 Å². The van der Waals surface area contributed by atoms with Crippen molar-refractivity contribution < 1.29 is 27.8 Å². The molecule has 10 heteroatoms. The highest BCUT2D eigenvalue weighted by atomic mass is 19.1. The average molecular weight is 450 g/mol. The van der Waals surface area contributed by atoms with Gasteiger partial charge < -0.3 is 9.47 Å². The maximum atomic E-state index is 14.4. The third-order valence-corrected chi connectivity index (χ3v) is 5.49. The second-order valence-corrected chi connectivity index (χ2v) is 7.32. The summed E-state index contributed by atoms with van der Waals surface area (Å²) in [7, 11) is 2.89. The summed E-state index contributed by atoms with van der Waals surface area (Å²) in [5.41, 5.74) is 0.882. The zero-order valence-corrected chi connectivity index (χ0v) is 17.7. The Morgan fingerprint density at radius 2 is 1.73 bits per heavy atom. The summed E-state index contributed by atoms with van der Waals surface area (Å²) < 4.78 is 39.6. The number of hydrogen-bond donors (Lipinski definition) is 0. The van der Waals surface area contributed by atoms with E-state index < -0.39 is 23.4 Å². The van der Waals surface area contributed by atoms with Crippen molar-refractivity contribution in [2.45, 2.75) is 6.92 Å². The number of rotatable bonds is 4. The average Bonchev–Trinajstić information content (AvgIpc) is 3.26. The number of amides is 2. The van der Waals surface area contributed by atoms with Gasteiger partial charge in [0.25, 0.3) is 11.8 Å². The summed E-state index contributed by atoms with van der Waals surface area (Å²) in [5, 5.41) is 4.62. The number of imide groups is 1. The second kappa shape index (κ2) is 7.37. The van der Waals surface area contributed by atoms with Crippen LogP contribution in [0.4, 0.5) is 14.5 Å². The Morgan fingerprint density at radius 1 is 0.939 bits per heavy atom. The highest BCUT2D eigenvalue weighted by Gasteiger charge is 2.41. The largest absolute Gasteiger partial charge is 0.497 e. The van der Waals surface area contributed by atoms with Gasteiger partial charge in [0.15, 0.2) is 11.5 Å². The molecule has 0 aliphatic carbocycles. The Morgan fingerprint density at radius 3 is 2.42 bits per heavy atom. The van der Waals surface area contributed by atoms with Crippen molar-refractivity contribution in [3.05, 3.63) is 71.1 Å². The van der Waals surface area contributed by atoms with E-state index in [-0.39, 0.29) is 28.1 Å². The van der Waals surface area contributed by atoms with Crippen LogP contribution < -0.4 is 14.4 Å². The number of aryl methyl sites for hydroxylation is 1. The van der Waals surface area contributed by atoms with E-state index in [1.165, 1.54) is 37.2 Å². The van der Waals surface area contributed by atoms with Crippen LogP contribution in [0.2, 0.25) is 0 Å². The quantitative estimate of drug-likeness (QED) is 0.440. The third kappa shape index (κ3) is 2.94. The standard InChI is InChI=1S/C23H16F2N4O4/c1-11-19-20-14(10-26-21(19)29(27-11)16-6-4-12(24)8-15(16)25)22(30)28(23(20)31)17-9-13(32-2)5-7-18(17)33-3/h4-10H,1-3H3. The molecule has 0 unspecified atom stereocenters. The second-order valence-electron chi connectivity index (χ2n) is 7.32. The molecule has 2 aromatic carbocycles. The Balaban J connectivity index is 1.72. The van der Waals surface area contributed by atoms with Crippen LogP contribution in [0, 0.1) is 18.6 Å². The lowest BCUT2D eigenvalue weighted by molar-refractivity contribution is 0.0925. The molecule has 0 radical (unpaired) electrons. The molecule has 0 fully saturated rings. The van der Waals surface area contributed by atoms with Crippen molar-refractivity contribution in [2.75, 3.05) is 19.1 Å². The van der Waals surface area contributed by atoms with E-state index in [1.54, 1.807) is 19.1 Å². The molecule has 166 valence electrons. The lowest BCUT2D eigenvalue weighted by Gasteiger charge is -2.18. The first kappa shape index (κ1) is 20.6. The Hall–Kier alpha value is -4.34. The van der Waals surface area contributed by atoms with Crippen LogP contribution in [0.5, 0.6) is 11.5 Å². The fourth-order valence-electron chi connectivity index (χ4n) is 3.97. The lowest BCUT2D eigenvalue weighted by Crippen LogP contribution is -2.29. The number of aromatic nitrogens is 3. The lowest BCUT2D eigenvalue weighted by atomic mass is 10.1. The zero-order chi connectivity index (χ0) is 23.4. The van der Waals surface area contributed by atoms with Gasteiger partial charge in [0.1, 0.15) is 23.0 Å². The Labute approximate surface area is 186 Å². The van der Waals surface area contributed by atoms with Gasteiger partial charge in [-0.25, -0.2) is 23.3 Å². The minimum atomic E-state index is -0.841. The zero-order valence-electron chi connectivity index (χ0n) is 17.7. The number of fused-ring (bicyclic) bond motifs is 3. The van der Waals surface area contributed by atoms with E-state index >= 15 is 0 Å². The van der Waals surface area contributed by atoms with Crippen LogP contribution in [0.15, 0.2) is 42.6 Å². The normalized spacial score (nSPS) is 13.1. The molecule has 4 aromatic rings. The third-order valence-electron chi connectivity index (χ3n) is 5.49. The van der Waals surface area contributed by atoms with Crippen molar-refractivity contribution in [2.24, 2.45) is 0 Å². The Bertz CT molecular complexity index is 1480. The molecule has 0 atom stereocenters. The number of carbonyl (C=O) groups is 2. The summed E-state index contributed by atoms with van der Waals surface area (Å²) in [6, 6.07) is 7.82. The van der Waals surface area contributed by atoms with Crippen molar-refractivity contribution in [3.8, 4) is 17.2 Å². The molecule has 0 spiro atoms. The SMILES string of the molecule is COc1ccc(OC)c(N2C(=O)c3cnc4c(c(C)nn4-c4ccc(F)cc4F)c3C2=O)c1. The van der Waals surface area contributed by atoms with Crippen LogP contribution in [0.25, 0.3) is 16.7 Å². The number of carbonyl (C=O) groups excluding carboxylic acids is 2. The number of anilines is 1. The van der Waals surface area contributed by atoms with Crippen LogP contribution in [0.1, 0.15) is 26.4 Å². The summed E-state index contributed by atoms with van der Waals surface area (Å²) in [6.07, 6.45) is 1.25. The van der Waals surface area contributed by atoms with Gasteiger partial charge in [-0.05, 0) is 31.2 Å². The van der Waals surface area contributed by atoms with Gasteiger partial charge in [-0.3, -0.25) is 9.59 Å². The fraction of sp³-hybridized carbons (Fsp3) is 0.130. The fourth-order valence-corrected chi connectivity index (χ4v) is 3.97. The molecule has 0 saturated heterocycles. The number of halogens is 2. The van der Waals surface area contributed by atoms with Crippen molar-refractivity contribution in [1.29, 1.82) is 0 Å². The molecule has 3 heterocycles. The van der Waals surface area contributed by atoms with Crippen LogP contribution in [0.3, 0.4) is 0 Å². The molecule has 8 nitrogen and oxygen atoms in total. The van der Waals surface area contributed by atoms with E-state index in [1.807, 2.05) is 0 Å². The van der Waals surface area contributed by atoms with Gasteiger partial charge in [-0.2, -0.15) is 5.10 Å². The maximum Gasteiger partial charge on any atom is 0.267 e. The molecule has 1 aliphatic heterocycles. The van der Waals surface area contributed by atoms with E-state index in [4.69, 9.17) is 9.47 Å². The minimum absolute atomic E-state index is 0.0370. The highest BCUT2D eigenvalue weighted by Crippen LogP contribution is 2.39.